The van der Waals surface area contributed by atoms with E-state index < -0.39 is 0 Å². The number of carbonyl (C=O) groups excluding carboxylic acids is 2. The van der Waals surface area contributed by atoms with Crippen molar-refractivity contribution in [3.8, 4) is 5.75 Å². The summed E-state index contributed by atoms with van der Waals surface area (Å²) in [5.74, 6) is 0.725. The van der Waals surface area contributed by atoms with E-state index in [-0.39, 0.29) is 17.7 Å². The highest BCUT2D eigenvalue weighted by molar-refractivity contribution is 6.00. The van der Waals surface area contributed by atoms with Crippen LogP contribution in [-0.4, -0.2) is 56.5 Å². The van der Waals surface area contributed by atoms with Crippen LogP contribution >= 0.6 is 0 Å². The van der Waals surface area contributed by atoms with E-state index in [1.165, 1.54) is 5.56 Å². The molecule has 0 spiro atoms. The maximum atomic E-state index is 13.1. The number of piperazine rings is 1. The first-order valence-corrected chi connectivity index (χ1v) is 10.7. The Morgan fingerprint density at radius 3 is 2.20 bits per heavy atom. The molecule has 0 radical (unpaired) electrons. The van der Waals surface area contributed by atoms with Gasteiger partial charge in [-0.1, -0.05) is 19.1 Å². The third kappa shape index (κ3) is 4.13. The van der Waals surface area contributed by atoms with Crippen molar-refractivity contribution in [2.45, 2.75) is 19.8 Å². The Hall–Kier alpha value is -3.02. The highest BCUT2D eigenvalue weighted by atomic mass is 16.5. The van der Waals surface area contributed by atoms with Crippen molar-refractivity contribution in [1.82, 2.24) is 4.90 Å². The number of anilines is 2. The molecule has 2 aromatic rings. The summed E-state index contributed by atoms with van der Waals surface area (Å²) in [6.07, 6.45) is 1.27. The van der Waals surface area contributed by atoms with Gasteiger partial charge in [0.15, 0.2) is 0 Å². The van der Waals surface area contributed by atoms with Crippen LogP contribution in [0.3, 0.4) is 0 Å². The summed E-state index contributed by atoms with van der Waals surface area (Å²) in [5.41, 5.74) is 3.27. The van der Waals surface area contributed by atoms with Crippen molar-refractivity contribution in [2.75, 3.05) is 49.6 Å². The van der Waals surface area contributed by atoms with Gasteiger partial charge in [-0.2, -0.15) is 0 Å². The number of methoxy groups -OCH3 is 1. The minimum atomic E-state index is -0.254. The maximum absolute atomic E-state index is 13.1. The molecule has 6 nitrogen and oxygen atoms in total. The van der Waals surface area contributed by atoms with Gasteiger partial charge in [-0.05, 0) is 48.4 Å². The molecule has 2 aromatic carbocycles. The van der Waals surface area contributed by atoms with Gasteiger partial charge in [0.25, 0.3) is 0 Å². The summed E-state index contributed by atoms with van der Waals surface area (Å²) >= 11 is 0. The first-order valence-electron chi connectivity index (χ1n) is 10.7. The molecule has 2 fully saturated rings. The smallest absolute Gasteiger partial charge is 0.228 e. The molecule has 2 aliphatic rings. The van der Waals surface area contributed by atoms with Crippen LogP contribution in [0.2, 0.25) is 0 Å². The Labute approximate surface area is 178 Å². The van der Waals surface area contributed by atoms with Gasteiger partial charge >= 0.3 is 0 Å². The van der Waals surface area contributed by atoms with Gasteiger partial charge < -0.3 is 19.4 Å². The fraction of sp³-hybridized carbons (Fsp3) is 0.417. The highest BCUT2D eigenvalue weighted by Gasteiger charge is 2.37. The molecular weight excluding hydrogens is 378 g/mol. The Kier molecular flexibility index (Phi) is 5.93. The number of rotatable bonds is 5. The summed E-state index contributed by atoms with van der Waals surface area (Å²) < 4.78 is 5.22. The summed E-state index contributed by atoms with van der Waals surface area (Å²) in [6, 6.07) is 16.1. The molecule has 2 saturated heterocycles. The largest absolute Gasteiger partial charge is 0.497 e. The van der Waals surface area contributed by atoms with Crippen LogP contribution in [-0.2, 0) is 16.0 Å². The third-order valence-electron chi connectivity index (χ3n) is 6.16. The van der Waals surface area contributed by atoms with E-state index in [1.54, 1.807) is 12.0 Å². The molecule has 0 unspecified atom stereocenters. The normalized spacial score (nSPS) is 19.3. The Balaban J connectivity index is 1.34. The van der Waals surface area contributed by atoms with Gasteiger partial charge in [0, 0.05) is 50.5 Å². The summed E-state index contributed by atoms with van der Waals surface area (Å²) in [5, 5.41) is 0. The zero-order valence-electron chi connectivity index (χ0n) is 17.7. The molecule has 2 aliphatic heterocycles. The van der Waals surface area contributed by atoms with E-state index in [0.717, 1.165) is 36.6 Å². The number of nitrogens with zero attached hydrogens (tertiary/aromatic N) is 3. The summed E-state index contributed by atoms with van der Waals surface area (Å²) in [6.45, 7) is 5.53. The van der Waals surface area contributed by atoms with E-state index in [0.29, 0.717) is 26.1 Å². The van der Waals surface area contributed by atoms with Crippen molar-refractivity contribution < 1.29 is 14.3 Å². The standard InChI is InChI=1S/C24H29N3O3/c1-3-18-4-6-21(7-5-18)27-17-19(16-23(27)28)24(29)26-14-12-25(13-15-26)20-8-10-22(30-2)11-9-20/h4-11,19H,3,12-17H2,1-2H3/t19-/m0/s1. The molecule has 2 amide bonds. The Morgan fingerprint density at radius 1 is 0.967 bits per heavy atom. The van der Waals surface area contributed by atoms with Crippen LogP contribution in [0, 0.1) is 5.92 Å². The van der Waals surface area contributed by atoms with Gasteiger partial charge in [0.2, 0.25) is 11.8 Å². The molecule has 1 atom stereocenters. The SMILES string of the molecule is CCc1ccc(N2C[C@@H](C(=O)N3CCN(c4ccc(OC)cc4)CC3)CC2=O)cc1. The average Bonchev–Trinajstić information content (AvgIpc) is 3.20. The monoisotopic (exact) mass is 407 g/mol. The lowest BCUT2D eigenvalue weighted by atomic mass is 10.1. The zero-order valence-corrected chi connectivity index (χ0v) is 17.7. The third-order valence-corrected chi connectivity index (χ3v) is 6.16. The molecule has 0 N–H and O–H groups in total. The predicted octanol–water partition coefficient (Wildman–Crippen LogP) is 2.96. The van der Waals surface area contributed by atoms with Gasteiger partial charge in [0.1, 0.15) is 5.75 Å². The summed E-state index contributed by atoms with van der Waals surface area (Å²) in [7, 11) is 1.66. The second-order valence-corrected chi connectivity index (χ2v) is 7.94. The van der Waals surface area contributed by atoms with Crippen molar-refractivity contribution in [3.05, 3.63) is 54.1 Å². The molecule has 30 heavy (non-hydrogen) atoms. The lowest BCUT2D eigenvalue weighted by Gasteiger charge is -2.37. The zero-order chi connectivity index (χ0) is 21.1. The number of hydrogen-bond donors (Lipinski definition) is 0. The van der Waals surface area contributed by atoms with Crippen molar-refractivity contribution >= 4 is 23.2 Å². The highest BCUT2D eigenvalue weighted by Crippen LogP contribution is 2.28. The lowest BCUT2D eigenvalue weighted by Crippen LogP contribution is -2.50. The average molecular weight is 408 g/mol. The van der Waals surface area contributed by atoms with Crippen LogP contribution in [0.4, 0.5) is 11.4 Å². The fourth-order valence-corrected chi connectivity index (χ4v) is 4.27. The number of hydrogen-bond acceptors (Lipinski definition) is 4. The number of ether oxygens (including phenoxy) is 1. The maximum Gasteiger partial charge on any atom is 0.228 e. The number of amides is 2. The Morgan fingerprint density at radius 2 is 1.60 bits per heavy atom. The first-order chi connectivity index (χ1) is 14.6. The molecule has 4 rings (SSSR count). The molecule has 0 aliphatic carbocycles. The predicted molar refractivity (Wildman–Crippen MR) is 118 cm³/mol. The van der Waals surface area contributed by atoms with Crippen LogP contribution < -0.4 is 14.5 Å². The van der Waals surface area contributed by atoms with Gasteiger partial charge in [0.05, 0.1) is 13.0 Å². The quantitative estimate of drug-likeness (QED) is 0.765. The molecule has 2 heterocycles. The molecule has 0 aromatic heterocycles. The molecule has 158 valence electrons. The van der Waals surface area contributed by atoms with Crippen LogP contribution in [0.25, 0.3) is 0 Å². The minimum absolute atomic E-state index is 0.0365. The van der Waals surface area contributed by atoms with Gasteiger partial charge in [-0.15, -0.1) is 0 Å². The van der Waals surface area contributed by atoms with Crippen molar-refractivity contribution in [1.29, 1.82) is 0 Å². The Bertz CT molecular complexity index is 887. The van der Waals surface area contributed by atoms with E-state index in [2.05, 4.69) is 24.0 Å². The van der Waals surface area contributed by atoms with E-state index >= 15 is 0 Å². The second kappa shape index (κ2) is 8.78. The molecule has 0 bridgehead atoms. The number of carbonyl (C=O) groups is 2. The minimum Gasteiger partial charge on any atom is -0.497 e. The molecule has 6 heteroatoms. The van der Waals surface area contributed by atoms with Crippen molar-refractivity contribution in [3.63, 3.8) is 0 Å². The topological polar surface area (TPSA) is 53.1 Å². The number of benzene rings is 2. The first kappa shape index (κ1) is 20.3. The lowest BCUT2D eigenvalue weighted by molar-refractivity contribution is -0.136. The fourth-order valence-electron chi connectivity index (χ4n) is 4.27. The van der Waals surface area contributed by atoms with E-state index in [9.17, 15) is 9.59 Å². The van der Waals surface area contributed by atoms with E-state index in [4.69, 9.17) is 4.74 Å². The van der Waals surface area contributed by atoms with Crippen molar-refractivity contribution in [2.24, 2.45) is 5.92 Å². The summed E-state index contributed by atoms with van der Waals surface area (Å²) in [4.78, 5) is 31.6. The second-order valence-electron chi connectivity index (χ2n) is 7.94. The van der Waals surface area contributed by atoms with Gasteiger partial charge in [-0.25, -0.2) is 0 Å². The van der Waals surface area contributed by atoms with Crippen LogP contribution in [0.15, 0.2) is 48.5 Å². The van der Waals surface area contributed by atoms with E-state index in [1.807, 2.05) is 41.3 Å². The van der Waals surface area contributed by atoms with Gasteiger partial charge in [-0.3, -0.25) is 9.59 Å². The van der Waals surface area contributed by atoms with Crippen LogP contribution in [0.5, 0.6) is 5.75 Å². The number of aryl methyl sites for hydroxylation is 1. The van der Waals surface area contributed by atoms with Crippen LogP contribution in [0.1, 0.15) is 18.9 Å². The molecular formula is C24H29N3O3. The molecule has 0 saturated carbocycles.